The Bertz CT molecular complexity index is 707. The molecule has 1 saturated heterocycles. The lowest BCUT2D eigenvalue weighted by Gasteiger charge is -2.22. The number of aromatic nitrogens is 3. The lowest BCUT2D eigenvalue weighted by Crippen LogP contribution is -2.32. The molecule has 1 atom stereocenters. The molecule has 0 radical (unpaired) electrons. The predicted octanol–water partition coefficient (Wildman–Crippen LogP) is 2.40. The Morgan fingerprint density at radius 2 is 2.15 bits per heavy atom. The second-order valence-corrected chi connectivity index (χ2v) is 6.56. The van der Waals surface area contributed by atoms with Crippen molar-refractivity contribution in [1.29, 1.82) is 0 Å². The van der Waals surface area contributed by atoms with Gasteiger partial charge in [-0.05, 0) is 50.9 Å². The van der Waals surface area contributed by atoms with Crippen molar-refractivity contribution in [3.8, 4) is 0 Å². The zero-order valence-corrected chi connectivity index (χ0v) is 16.8. The standard InChI is InChI=1S/C19H28N6O.ClH/c1-3-24(4-2)18-8-7-15(12-21-18)13-22-19(26)17-9-11-25(23-17)16-6-5-10-20-14-16;/h7-9,11-12,16,20H,3-6,10,13-14H2,1-2H3,(H,22,26);1H. The van der Waals surface area contributed by atoms with Gasteiger partial charge in [-0.15, -0.1) is 12.4 Å². The van der Waals surface area contributed by atoms with Gasteiger partial charge in [0.25, 0.3) is 5.91 Å². The average Bonchev–Trinajstić information content (AvgIpc) is 3.19. The van der Waals surface area contributed by atoms with Crippen LogP contribution in [0.15, 0.2) is 30.6 Å². The third-order valence-corrected chi connectivity index (χ3v) is 4.84. The van der Waals surface area contributed by atoms with E-state index < -0.39 is 0 Å². The summed E-state index contributed by atoms with van der Waals surface area (Å²) < 4.78 is 1.90. The third-order valence-electron chi connectivity index (χ3n) is 4.84. The maximum atomic E-state index is 12.4. The molecule has 3 heterocycles. The highest BCUT2D eigenvalue weighted by Crippen LogP contribution is 2.16. The molecule has 0 aliphatic carbocycles. The number of carbonyl (C=O) groups is 1. The molecule has 0 aromatic carbocycles. The van der Waals surface area contributed by atoms with Gasteiger partial charge in [0.1, 0.15) is 11.5 Å². The fraction of sp³-hybridized carbons (Fsp3) is 0.526. The Labute approximate surface area is 166 Å². The van der Waals surface area contributed by atoms with Gasteiger partial charge in [0, 0.05) is 38.6 Å². The van der Waals surface area contributed by atoms with Crippen LogP contribution in [0.5, 0.6) is 0 Å². The van der Waals surface area contributed by atoms with E-state index in [4.69, 9.17) is 0 Å². The van der Waals surface area contributed by atoms with Crippen molar-refractivity contribution in [2.75, 3.05) is 31.1 Å². The average molecular weight is 393 g/mol. The largest absolute Gasteiger partial charge is 0.357 e. The molecule has 27 heavy (non-hydrogen) atoms. The van der Waals surface area contributed by atoms with Crippen molar-refractivity contribution >= 4 is 24.1 Å². The maximum absolute atomic E-state index is 12.4. The molecule has 2 aromatic rings. The molecular formula is C19H29ClN6O. The molecule has 1 unspecified atom stereocenters. The van der Waals surface area contributed by atoms with Crippen LogP contribution in [0.2, 0.25) is 0 Å². The molecule has 1 amide bonds. The van der Waals surface area contributed by atoms with Gasteiger partial charge >= 0.3 is 0 Å². The van der Waals surface area contributed by atoms with E-state index in [1.54, 1.807) is 6.07 Å². The van der Waals surface area contributed by atoms with E-state index in [1.165, 1.54) is 0 Å². The van der Waals surface area contributed by atoms with Crippen LogP contribution in [-0.2, 0) is 6.54 Å². The van der Waals surface area contributed by atoms with E-state index in [0.29, 0.717) is 18.3 Å². The highest BCUT2D eigenvalue weighted by Gasteiger charge is 2.17. The Balaban J connectivity index is 0.00000261. The normalized spacial score (nSPS) is 16.4. The van der Waals surface area contributed by atoms with E-state index in [1.807, 2.05) is 29.2 Å². The lowest BCUT2D eigenvalue weighted by atomic mass is 10.1. The quantitative estimate of drug-likeness (QED) is 0.756. The van der Waals surface area contributed by atoms with Crippen molar-refractivity contribution in [2.24, 2.45) is 0 Å². The number of halogens is 1. The zero-order valence-electron chi connectivity index (χ0n) is 16.0. The molecule has 1 aliphatic rings. The second-order valence-electron chi connectivity index (χ2n) is 6.56. The minimum atomic E-state index is -0.152. The van der Waals surface area contributed by atoms with Crippen molar-refractivity contribution in [3.05, 3.63) is 41.9 Å². The summed E-state index contributed by atoms with van der Waals surface area (Å²) in [5.41, 5.74) is 1.44. The zero-order chi connectivity index (χ0) is 18.4. The molecule has 0 spiro atoms. The number of amides is 1. The third kappa shape index (κ3) is 5.43. The van der Waals surface area contributed by atoms with Gasteiger partial charge < -0.3 is 15.5 Å². The summed E-state index contributed by atoms with van der Waals surface area (Å²) in [6, 6.07) is 6.13. The molecule has 8 heteroatoms. The van der Waals surface area contributed by atoms with Crippen LogP contribution in [0.3, 0.4) is 0 Å². The van der Waals surface area contributed by atoms with E-state index in [2.05, 4.69) is 39.5 Å². The highest BCUT2D eigenvalue weighted by atomic mass is 35.5. The molecule has 7 nitrogen and oxygen atoms in total. The first-order valence-corrected chi connectivity index (χ1v) is 9.45. The van der Waals surface area contributed by atoms with Crippen LogP contribution in [0, 0.1) is 0 Å². The predicted molar refractivity (Wildman–Crippen MR) is 110 cm³/mol. The van der Waals surface area contributed by atoms with E-state index >= 15 is 0 Å². The number of anilines is 1. The lowest BCUT2D eigenvalue weighted by molar-refractivity contribution is 0.0944. The summed E-state index contributed by atoms with van der Waals surface area (Å²) >= 11 is 0. The molecule has 2 N–H and O–H groups in total. The number of rotatable bonds is 7. The summed E-state index contributed by atoms with van der Waals surface area (Å²) in [7, 11) is 0. The van der Waals surface area contributed by atoms with Crippen molar-refractivity contribution in [1.82, 2.24) is 25.4 Å². The van der Waals surface area contributed by atoms with Gasteiger partial charge in [-0.3, -0.25) is 9.48 Å². The van der Waals surface area contributed by atoms with Crippen LogP contribution in [0.25, 0.3) is 0 Å². The summed E-state index contributed by atoms with van der Waals surface area (Å²) in [6.07, 6.45) is 5.95. The van der Waals surface area contributed by atoms with Gasteiger partial charge in [-0.2, -0.15) is 5.10 Å². The van der Waals surface area contributed by atoms with Gasteiger partial charge in [-0.1, -0.05) is 6.07 Å². The van der Waals surface area contributed by atoms with Gasteiger partial charge in [0.2, 0.25) is 0 Å². The summed E-state index contributed by atoms with van der Waals surface area (Å²) in [4.78, 5) is 19.0. The minimum Gasteiger partial charge on any atom is -0.357 e. The number of hydrogen-bond donors (Lipinski definition) is 2. The molecule has 1 aliphatic heterocycles. The van der Waals surface area contributed by atoms with Crippen molar-refractivity contribution in [2.45, 2.75) is 39.3 Å². The number of nitrogens with zero attached hydrogens (tertiary/aromatic N) is 4. The highest BCUT2D eigenvalue weighted by molar-refractivity contribution is 5.92. The van der Waals surface area contributed by atoms with Crippen LogP contribution < -0.4 is 15.5 Å². The van der Waals surface area contributed by atoms with Crippen LogP contribution >= 0.6 is 12.4 Å². The van der Waals surface area contributed by atoms with Gasteiger partial charge in [-0.25, -0.2) is 4.98 Å². The molecule has 0 saturated carbocycles. The molecule has 0 bridgehead atoms. The molecule has 148 valence electrons. The van der Waals surface area contributed by atoms with E-state index in [9.17, 15) is 4.79 Å². The first-order chi connectivity index (χ1) is 12.7. The SMILES string of the molecule is CCN(CC)c1ccc(CNC(=O)c2ccn(C3CCCNC3)n2)cn1.Cl. The van der Waals surface area contributed by atoms with Gasteiger partial charge in [0.15, 0.2) is 0 Å². The first-order valence-electron chi connectivity index (χ1n) is 9.45. The van der Waals surface area contributed by atoms with Crippen LogP contribution in [-0.4, -0.2) is 46.9 Å². The van der Waals surface area contributed by atoms with Gasteiger partial charge in [0.05, 0.1) is 6.04 Å². The fourth-order valence-corrected chi connectivity index (χ4v) is 3.25. The molecule has 2 aromatic heterocycles. The first kappa shape index (κ1) is 21.2. The Hall–Kier alpha value is -2.12. The van der Waals surface area contributed by atoms with Crippen molar-refractivity contribution < 1.29 is 4.79 Å². The van der Waals surface area contributed by atoms with Crippen LogP contribution in [0.4, 0.5) is 5.82 Å². The maximum Gasteiger partial charge on any atom is 0.272 e. The summed E-state index contributed by atoms with van der Waals surface area (Å²) in [6.45, 7) is 8.50. The van der Waals surface area contributed by atoms with Crippen LogP contribution in [0.1, 0.15) is 48.8 Å². The molecular weight excluding hydrogens is 364 g/mol. The molecule has 1 fully saturated rings. The Kier molecular flexibility index (Phi) is 8.06. The fourth-order valence-electron chi connectivity index (χ4n) is 3.25. The Morgan fingerprint density at radius 1 is 1.33 bits per heavy atom. The monoisotopic (exact) mass is 392 g/mol. The van der Waals surface area contributed by atoms with E-state index in [-0.39, 0.29) is 18.3 Å². The number of carbonyl (C=O) groups excluding carboxylic acids is 1. The van der Waals surface area contributed by atoms with E-state index in [0.717, 1.165) is 50.4 Å². The summed E-state index contributed by atoms with van der Waals surface area (Å²) in [5, 5.41) is 10.7. The number of pyridine rings is 1. The number of hydrogen-bond acceptors (Lipinski definition) is 5. The number of nitrogens with one attached hydrogen (secondary N) is 2. The smallest absolute Gasteiger partial charge is 0.272 e. The summed E-state index contributed by atoms with van der Waals surface area (Å²) in [5.74, 6) is 0.810. The minimum absolute atomic E-state index is 0. The molecule has 3 rings (SSSR count). The second kappa shape index (κ2) is 10.3. The Morgan fingerprint density at radius 3 is 2.78 bits per heavy atom. The topological polar surface area (TPSA) is 75.1 Å². The van der Waals surface area contributed by atoms with Crippen molar-refractivity contribution in [3.63, 3.8) is 0 Å². The number of piperidine rings is 1.